The van der Waals surface area contributed by atoms with Gasteiger partial charge in [-0.1, -0.05) is 0 Å². The molecule has 0 fully saturated rings. The van der Waals surface area contributed by atoms with E-state index in [0.29, 0.717) is 35.7 Å². The first kappa shape index (κ1) is 20.5. The highest BCUT2D eigenvalue weighted by Crippen LogP contribution is 2.31. The topological polar surface area (TPSA) is 79.9 Å². The first-order valence-electron chi connectivity index (χ1n) is 10.2. The lowest BCUT2D eigenvalue weighted by Gasteiger charge is -2.12. The molecule has 4 rings (SSSR count). The zero-order valence-electron chi connectivity index (χ0n) is 17.2. The number of nitrogens with zero attached hydrogens (tertiary/aromatic N) is 2. The number of hydrogen-bond acceptors (Lipinski definition) is 4. The number of pyridine rings is 1. The Balaban J connectivity index is 1.56. The highest BCUT2D eigenvalue weighted by Gasteiger charge is 2.12. The molecule has 2 N–H and O–H groups in total. The highest BCUT2D eigenvalue weighted by molar-refractivity contribution is 5.99. The summed E-state index contributed by atoms with van der Waals surface area (Å²) >= 11 is 0. The van der Waals surface area contributed by atoms with E-state index in [-0.39, 0.29) is 11.7 Å². The van der Waals surface area contributed by atoms with Gasteiger partial charge in [-0.05, 0) is 68.3 Å². The molecule has 0 radical (unpaired) electrons. The van der Waals surface area contributed by atoms with Gasteiger partial charge >= 0.3 is 0 Å². The average molecular weight is 418 g/mol. The Morgan fingerprint density at radius 3 is 2.71 bits per heavy atom. The third-order valence-corrected chi connectivity index (χ3v) is 4.93. The molecular weight excluding hydrogens is 395 g/mol. The van der Waals surface area contributed by atoms with Crippen LogP contribution >= 0.6 is 0 Å². The van der Waals surface area contributed by atoms with E-state index >= 15 is 0 Å². The van der Waals surface area contributed by atoms with Gasteiger partial charge in [-0.3, -0.25) is 9.89 Å². The van der Waals surface area contributed by atoms with Crippen LogP contribution in [0, 0.1) is 5.82 Å². The molecule has 0 saturated carbocycles. The van der Waals surface area contributed by atoms with Gasteiger partial charge in [0.05, 0.1) is 23.5 Å². The number of carbonyl (C=O) groups excluding carboxylic acids is 1. The number of aromatic amines is 1. The van der Waals surface area contributed by atoms with Gasteiger partial charge < -0.3 is 10.1 Å². The molecule has 2 aromatic carbocycles. The maximum atomic E-state index is 13.3. The lowest BCUT2D eigenvalue weighted by molar-refractivity contribution is 0.0953. The third-order valence-electron chi connectivity index (χ3n) is 4.93. The van der Waals surface area contributed by atoms with Crippen LogP contribution in [0.3, 0.4) is 0 Å². The summed E-state index contributed by atoms with van der Waals surface area (Å²) in [6.45, 7) is 2.96. The second-order valence-electron chi connectivity index (χ2n) is 7.10. The van der Waals surface area contributed by atoms with Crippen LogP contribution in [0.1, 0.15) is 29.4 Å². The van der Waals surface area contributed by atoms with Crippen LogP contribution < -0.4 is 10.1 Å². The van der Waals surface area contributed by atoms with Gasteiger partial charge in [-0.15, -0.1) is 0 Å². The molecule has 0 aliphatic heterocycles. The summed E-state index contributed by atoms with van der Waals surface area (Å²) in [6, 6.07) is 15.3. The lowest BCUT2D eigenvalue weighted by atomic mass is 10.1. The number of carbonyl (C=O) groups is 1. The predicted octanol–water partition coefficient (Wildman–Crippen LogP) is 4.53. The normalized spacial score (nSPS) is 10.9. The Labute approximate surface area is 179 Å². The number of H-pyrrole nitrogens is 1. The SMILES string of the molecule is CCOc1cc(-c2ccc(F)cc2)nc2cc(C(=O)NCCCc3cc[nH]n3)ccc12. The fourth-order valence-corrected chi connectivity index (χ4v) is 3.38. The number of ether oxygens (including phenoxy) is 1. The Kier molecular flexibility index (Phi) is 6.21. The molecule has 0 saturated heterocycles. The van der Waals surface area contributed by atoms with Gasteiger partial charge in [0.2, 0.25) is 0 Å². The second kappa shape index (κ2) is 9.38. The molecule has 6 nitrogen and oxygen atoms in total. The van der Waals surface area contributed by atoms with Crippen LogP contribution in [0.15, 0.2) is 60.8 Å². The van der Waals surface area contributed by atoms with E-state index in [4.69, 9.17) is 9.72 Å². The minimum Gasteiger partial charge on any atom is -0.493 e. The first-order valence-corrected chi connectivity index (χ1v) is 10.2. The number of amides is 1. The van der Waals surface area contributed by atoms with Gasteiger partial charge in [-0.2, -0.15) is 5.10 Å². The second-order valence-corrected chi connectivity index (χ2v) is 7.10. The smallest absolute Gasteiger partial charge is 0.251 e. The van der Waals surface area contributed by atoms with Crippen molar-refractivity contribution in [2.75, 3.05) is 13.2 Å². The number of hydrogen-bond donors (Lipinski definition) is 2. The van der Waals surface area contributed by atoms with Crippen molar-refractivity contribution in [1.29, 1.82) is 0 Å². The van der Waals surface area contributed by atoms with Gasteiger partial charge in [-0.25, -0.2) is 9.37 Å². The highest BCUT2D eigenvalue weighted by atomic mass is 19.1. The number of aryl methyl sites for hydroxylation is 1. The summed E-state index contributed by atoms with van der Waals surface area (Å²) in [5.41, 5.74) is 3.58. The number of rotatable bonds is 8. The van der Waals surface area contributed by atoms with Crippen LogP contribution in [0.4, 0.5) is 4.39 Å². The van der Waals surface area contributed by atoms with Crippen molar-refractivity contribution in [1.82, 2.24) is 20.5 Å². The molecule has 1 amide bonds. The molecule has 0 bridgehead atoms. The van der Waals surface area contributed by atoms with E-state index in [1.165, 1.54) is 12.1 Å². The van der Waals surface area contributed by atoms with Crippen LogP contribution in [-0.2, 0) is 6.42 Å². The van der Waals surface area contributed by atoms with Crippen molar-refractivity contribution in [3.63, 3.8) is 0 Å². The Bertz CT molecular complexity index is 1170. The Hall–Kier alpha value is -3.74. The van der Waals surface area contributed by atoms with Crippen LogP contribution in [0.5, 0.6) is 5.75 Å². The predicted molar refractivity (Wildman–Crippen MR) is 118 cm³/mol. The maximum absolute atomic E-state index is 13.3. The quantitative estimate of drug-likeness (QED) is 0.412. The van der Waals surface area contributed by atoms with Crippen molar-refractivity contribution in [2.24, 2.45) is 0 Å². The monoisotopic (exact) mass is 418 g/mol. The maximum Gasteiger partial charge on any atom is 0.251 e. The molecule has 0 aliphatic carbocycles. The van der Waals surface area contributed by atoms with Crippen molar-refractivity contribution < 1.29 is 13.9 Å². The van der Waals surface area contributed by atoms with Gasteiger partial charge in [0.25, 0.3) is 5.91 Å². The van der Waals surface area contributed by atoms with Gasteiger partial charge in [0.15, 0.2) is 0 Å². The molecule has 7 heteroatoms. The molecule has 2 heterocycles. The van der Waals surface area contributed by atoms with Gasteiger partial charge in [0, 0.05) is 35.3 Å². The van der Waals surface area contributed by atoms with Crippen molar-refractivity contribution >= 4 is 16.8 Å². The average Bonchev–Trinajstić information content (AvgIpc) is 3.30. The summed E-state index contributed by atoms with van der Waals surface area (Å²) in [5.74, 6) is 0.217. The standard InChI is InChI=1S/C24H23FN4O2/c1-2-31-23-15-21(16-5-8-18(25)9-6-16)28-22-14-17(7-10-20(22)23)24(30)26-12-3-4-19-11-13-27-29-19/h5-11,13-15H,2-4,12H2,1H3,(H,26,30)(H,27,29). The largest absolute Gasteiger partial charge is 0.493 e. The number of benzene rings is 2. The molecule has 2 aromatic heterocycles. The molecule has 0 spiro atoms. The number of halogens is 1. The summed E-state index contributed by atoms with van der Waals surface area (Å²) in [5, 5.41) is 10.7. The fourth-order valence-electron chi connectivity index (χ4n) is 3.38. The van der Waals surface area contributed by atoms with Crippen LogP contribution in [-0.4, -0.2) is 34.2 Å². The Morgan fingerprint density at radius 1 is 1.13 bits per heavy atom. The van der Waals surface area contributed by atoms with E-state index in [9.17, 15) is 9.18 Å². The van der Waals surface area contributed by atoms with E-state index in [1.807, 2.05) is 25.1 Å². The molecule has 31 heavy (non-hydrogen) atoms. The third kappa shape index (κ3) is 4.88. The number of fused-ring (bicyclic) bond motifs is 1. The first-order chi connectivity index (χ1) is 15.1. The molecule has 158 valence electrons. The Morgan fingerprint density at radius 2 is 1.97 bits per heavy atom. The molecule has 0 unspecified atom stereocenters. The van der Waals surface area contributed by atoms with Crippen LogP contribution in [0.25, 0.3) is 22.2 Å². The van der Waals surface area contributed by atoms with Gasteiger partial charge in [0.1, 0.15) is 11.6 Å². The minimum absolute atomic E-state index is 0.157. The van der Waals surface area contributed by atoms with Crippen molar-refractivity contribution in [2.45, 2.75) is 19.8 Å². The van der Waals surface area contributed by atoms with E-state index in [2.05, 4.69) is 15.5 Å². The van der Waals surface area contributed by atoms with Crippen molar-refractivity contribution in [3.05, 3.63) is 77.9 Å². The fraction of sp³-hybridized carbons (Fsp3) is 0.208. The zero-order valence-corrected chi connectivity index (χ0v) is 17.2. The van der Waals surface area contributed by atoms with Crippen LogP contribution in [0.2, 0.25) is 0 Å². The summed E-state index contributed by atoms with van der Waals surface area (Å²) in [7, 11) is 0. The van der Waals surface area contributed by atoms with Crippen molar-refractivity contribution in [3.8, 4) is 17.0 Å². The summed E-state index contributed by atoms with van der Waals surface area (Å²) < 4.78 is 19.1. The molecule has 0 aliphatic rings. The molecule has 4 aromatic rings. The molecule has 0 atom stereocenters. The van der Waals surface area contributed by atoms with E-state index in [1.54, 1.807) is 30.5 Å². The lowest BCUT2D eigenvalue weighted by Crippen LogP contribution is -2.24. The zero-order chi connectivity index (χ0) is 21.6. The van der Waals surface area contributed by atoms with E-state index in [0.717, 1.165) is 29.5 Å². The number of aromatic nitrogens is 3. The molecular formula is C24H23FN4O2. The number of nitrogens with one attached hydrogen (secondary N) is 2. The summed E-state index contributed by atoms with van der Waals surface area (Å²) in [4.78, 5) is 17.3. The summed E-state index contributed by atoms with van der Waals surface area (Å²) in [6.07, 6.45) is 3.38. The minimum atomic E-state index is -0.305. The van der Waals surface area contributed by atoms with E-state index < -0.39 is 0 Å².